The molecule has 1 unspecified atom stereocenters. The Bertz CT molecular complexity index is 864. The lowest BCUT2D eigenvalue weighted by Crippen LogP contribution is -2.23. The minimum Gasteiger partial charge on any atom is -0.497 e. The molecule has 0 aromatic heterocycles. The van der Waals surface area contributed by atoms with Crippen molar-refractivity contribution in [2.45, 2.75) is 24.9 Å². The van der Waals surface area contributed by atoms with Gasteiger partial charge in [0.15, 0.2) is 0 Å². The lowest BCUT2D eigenvalue weighted by molar-refractivity contribution is 0.0730. The molecule has 0 aliphatic carbocycles. The van der Waals surface area contributed by atoms with E-state index in [1.54, 1.807) is 7.11 Å². The summed E-state index contributed by atoms with van der Waals surface area (Å²) in [4.78, 5) is 2.56. The molecule has 1 fully saturated rings. The number of rotatable bonds is 9. The fourth-order valence-electron chi connectivity index (χ4n) is 4.33. The minimum atomic E-state index is -0.00416. The van der Waals surface area contributed by atoms with Gasteiger partial charge in [-0.1, -0.05) is 72.8 Å². The quantitative estimate of drug-likeness (QED) is 0.377. The summed E-state index contributed by atoms with van der Waals surface area (Å²) in [6.45, 7) is 4.11. The van der Waals surface area contributed by atoms with Crippen LogP contribution in [0.1, 0.15) is 41.6 Å². The summed E-state index contributed by atoms with van der Waals surface area (Å²) in [6, 6.07) is 29.5. The number of hydrogen-bond donors (Lipinski definition) is 0. The average molecular weight is 438 g/mol. The number of benzene rings is 3. The van der Waals surface area contributed by atoms with Gasteiger partial charge in [0.25, 0.3) is 0 Å². The van der Waals surface area contributed by atoms with Gasteiger partial charge in [0.05, 0.1) is 7.11 Å². The number of nitrogens with zero attached hydrogens (tertiary/aromatic N) is 1. The Morgan fingerprint density at radius 3 is 2.23 bits per heavy atom. The standard InChI is InChI=1S/C27H31NO2.ClH/c1-29-26-15-8-14-24(20-26)25-16-18-28(21-25)17-9-19-30-27(22-10-4-2-5-11-22)23-12-6-3-7-13-23;/h2-8,10-15,20,25,27H,9,16-19,21H2,1H3;1H. The van der Waals surface area contributed by atoms with Crippen LogP contribution in [0.15, 0.2) is 84.9 Å². The van der Waals surface area contributed by atoms with Crippen molar-refractivity contribution < 1.29 is 9.47 Å². The van der Waals surface area contributed by atoms with E-state index in [-0.39, 0.29) is 18.5 Å². The predicted octanol–water partition coefficient (Wildman–Crippen LogP) is 6.10. The zero-order valence-electron chi connectivity index (χ0n) is 18.2. The number of hydrogen-bond acceptors (Lipinski definition) is 3. The highest BCUT2D eigenvalue weighted by molar-refractivity contribution is 5.85. The van der Waals surface area contributed by atoms with Gasteiger partial charge in [0, 0.05) is 19.7 Å². The van der Waals surface area contributed by atoms with Crippen LogP contribution in [0.3, 0.4) is 0 Å². The number of ether oxygens (including phenoxy) is 2. The van der Waals surface area contributed by atoms with Crippen LogP contribution >= 0.6 is 12.4 Å². The van der Waals surface area contributed by atoms with Gasteiger partial charge in [-0.05, 0) is 54.1 Å². The Morgan fingerprint density at radius 2 is 1.58 bits per heavy atom. The van der Waals surface area contributed by atoms with E-state index in [0.717, 1.165) is 38.4 Å². The Labute approximate surface area is 192 Å². The third-order valence-corrected chi connectivity index (χ3v) is 5.95. The van der Waals surface area contributed by atoms with E-state index in [1.165, 1.54) is 23.1 Å². The van der Waals surface area contributed by atoms with E-state index in [9.17, 15) is 0 Å². The molecule has 4 heteroatoms. The van der Waals surface area contributed by atoms with Crippen LogP contribution in [0.2, 0.25) is 0 Å². The van der Waals surface area contributed by atoms with Crippen molar-refractivity contribution in [3.63, 3.8) is 0 Å². The zero-order chi connectivity index (χ0) is 20.6. The topological polar surface area (TPSA) is 21.7 Å². The normalized spacial score (nSPS) is 16.3. The molecule has 1 aliphatic rings. The van der Waals surface area contributed by atoms with Gasteiger partial charge in [-0.3, -0.25) is 0 Å². The monoisotopic (exact) mass is 437 g/mol. The van der Waals surface area contributed by atoms with Gasteiger partial charge in [-0.25, -0.2) is 0 Å². The van der Waals surface area contributed by atoms with Crippen molar-refractivity contribution in [3.05, 3.63) is 102 Å². The van der Waals surface area contributed by atoms with Crippen LogP contribution in [-0.2, 0) is 4.74 Å². The second kappa shape index (κ2) is 11.9. The van der Waals surface area contributed by atoms with Gasteiger partial charge >= 0.3 is 0 Å². The summed E-state index contributed by atoms with van der Waals surface area (Å²) in [6.07, 6.45) is 2.25. The number of methoxy groups -OCH3 is 1. The van der Waals surface area contributed by atoms with E-state index >= 15 is 0 Å². The van der Waals surface area contributed by atoms with E-state index in [2.05, 4.69) is 83.8 Å². The molecule has 1 atom stereocenters. The second-order valence-electron chi connectivity index (χ2n) is 7.99. The average Bonchev–Trinajstić information content (AvgIpc) is 3.29. The van der Waals surface area contributed by atoms with Crippen molar-refractivity contribution >= 4 is 12.4 Å². The highest BCUT2D eigenvalue weighted by atomic mass is 35.5. The highest BCUT2D eigenvalue weighted by Gasteiger charge is 2.24. The Kier molecular flexibility index (Phi) is 8.96. The molecule has 0 saturated carbocycles. The van der Waals surface area contributed by atoms with Gasteiger partial charge in [0.2, 0.25) is 0 Å². The largest absolute Gasteiger partial charge is 0.497 e. The summed E-state index contributed by atoms with van der Waals surface area (Å²) in [7, 11) is 1.73. The molecule has 0 bridgehead atoms. The number of likely N-dealkylation sites (tertiary alicyclic amines) is 1. The Hall–Kier alpha value is -2.33. The SMILES string of the molecule is COc1cccc(C2CCN(CCCOC(c3ccccc3)c3ccccc3)C2)c1.Cl. The van der Waals surface area contributed by atoms with Crippen molar-refractivity contribution in [2.24, 2.45) is 0 Å². The molecule has 0 spiro atoms. The smallest absolute Gasteiger partial charge is 0.119 e. The fraction of sp³-hybridized carbons (Fsp3) is 0.333. The molecular formula is C27H32ClNO2. The molecule has 0 amide bonds. The van der Waals surface area contributed by atoms with Gasteiger partial charge < -0.3 is 14.4 Å². The molecule has 3 aromatic rings. The Morgan fingerprint density at radius 1 is 0.903 bits per heavy atom. The summed E-state index contributed by atoms with van der Waals surface area (Å²) in [5, 5.41) is 0. The molecular weight excluding hydrogens is 406 g/mol. The van der Waals surface area contributed by atoms with Crippen LogP contribution < -0.4 is 4.74 Å². The molecule has 0 N–H and O–H groups in total. The lowest BCUT2D eigenvalue weighted by atomic mass is 9.98. The maximum absolute atomic E-state index is 6.37. The third kappa shape index (κ3) is 6.33. The summed E-state index contributed by atoms with van der Waals surface area (Å²) >= 11 is 0. The first-order chi connectivity index (χ1) is 14.8. The number of halogens is 1. The highest BCUT2D eigenvalue weighted by Crippen LogP contribution is 2.30. The van der Waals surface area contributed by atoms with Crippen molar-refractivity contribution in [1.29, 1.82) is 0 Å². The van der Waals surface area contributed by atoms with Crippen LogP contribution in [0.4, 0.5) is 0 Å². The molecule has 1 heterocycles. The molecule has 0 radical (unpaired) electrons. The fourth-order valence-corrected chi connectivity index (χ4v) is 4.33. The molecule has 1 saturated heterocycles. The third-order valence-electron chi connectivity index (χ3n) is 5.95. The van der Waals surface area contributed by atoms with Gasteiger partial charge in [0.1, 0.15) is 11.9 Å². The van der Waals surface area contributed by atoms with E-state index in [0.29, 0.717) is 5.92 Å². The molecule has 4 rings (SSSR count). The maximum atomic E-state index is 6.37. The molecule has 3 aromatic carbocycles. The first-order valence-electron chi connectivity index (χ1n) is 10.9. The summed E-state index contributed by atoms with van der Waals surface area (Å²) in [5.41, 5.74) is 3.81. The molecule has 31 heavy (non-hydrogen) atoms. The maximum Gasteiger partial charge on any atom is 0.119 e. The summed E-state index contributed by atoms with van der Waals surface area (Å²) in [5.74, 6) is 1.55. The van der Waals surface area contributed by atoms with E-state index in [1.807, 2.05) is 6.07 Å². The van der Waals surface area contributed by atoms with Crippen LogP contribution in [0.5, 0.6) is 5.75 Å². The zero-order valence-corrected chi connectivity index (χ0v) is 19.0. The van der Waals surface area contributed by atoms with Crippen molar-refractivity contribution in [2.75, 3.05) is 33.4 Å². The first-order valence-corrected chi connectivity index (χ1v) is 10.9. The molecule has 3 nitrogen and oxygen atoms in total. The molecule has 164 valence electrons. The first kappa shape index (κ1) is 23.3. The molecule has 1 aliphatic heterocycles. The van der Waals surface area contributed by atoms with Crippen LogP contribution in [0, 0.1) is 0 Å². The van der Waals surface area contributed by atoms with Gasteiger partial charge in [-0.15, -0.1) is 12.4 Å². The van der Waals surface area contributed by atoms with Gasteiger partial charge in [-0.2, -0.15) is 0 Å². The second-order valence-corrected chi connectivity index (χ2v) is 7.99. The summed E-state index contributed by atoms with van der Waals surface area (Å²) < 4.78 is 11.8. The van der Waals surface area contributed by atoms with Crippen LogP contribution in [-0.4, -0.2) is 38.3 Å². The lowest BCUT2D eigenvalue weighted by Gasteiger charge is -2.21. The predicted molar refractivity (Wildman–Crippen MR) is 129 cm³/mol. The van der Waals surface area contributed by atoms with Crippen molar-refractivity contribution in [1.82, 2.24) is 4.90 Å². The Balaban J connectivity index is 0.00000272. The van der Waals surface area contributed by atoms with E-state index < -0.39 is 0 Å². The van der Waals surface area contributed by atoms with Crippen molar-refractivity contribution in [3.8, 4) is 5.75 Å². The minimum absolute atomic E-state index is 0. The van der Waals surface area contributed by atoms with Crippen LogP contribution in [0.25, 0.3) is 0 Å². The van der Waals surface area contributed by atoms with E-state index in [4.69, 9.17) is 9.47 Å².